The molecular weight excluding hydrogens is 192 g/mol. The molecule has 0 aromatic carbocycles. The van der Waals surface area contributed by atoms with Crippen molar-refractivity contribution in [2.45, 2.75) is 11.3 Å². The van der Waals surface area contributed by atoms with E-state index in [0.717, 1.165) is 0 Å². The standard InChI is InChI=1S/C4H9BrO4/c5-4(8)9-2-3(7)1-6/h3-4,6-8H,1-2H2. The van der Waals surface area contributed by atoms with Gasteiger partial charge in [-0.15, -0.1) is 0 Å². The largest absolute Gasteiger partial charge is 0.394 e. The number of aliphatic hydroxyl groups excluding tert-OH is 3. The summed E-state index contributed by atoms with van der Waals surface area (Å²) in [6, 6.07) is 0. The number of alkyl halides is 1. The Labute approximate surface area is 61.2 Å². The van der Waals surface area contributed by atoms with E-state index >= 15 is 0 Å². The summed E-state index contributed by atoms with van der Waals surface area (Å²) >= 11 is 2.67. The molecule has 0 aliphatic carbocycles. The molecule has 0 bridgehead atoms. The third-order valence-corrected chi connectivity index (χ3v) is 0.901. The maximum atomic E-state index is 8.60. The van der Waals surface area contributed by atoms with Gasteiger partial charge in [-0.25, -0.2) is 0 Å². The second-order valence-electron chi connectivity index (χ2n) is 1.46. The lowest BCUT2D eigenvalue weighted by atomic mass is 10.4. The second-order valence-corrected chi connectivity index (χ2v) is 2.25. The number of ether oxygens (including phenoxy) is 1. The topological polar surface area (TPSA) is 69.9 Å². The molecule has 0 amide bonds. The predicted molar refractivity (Wildman–Crippen MR) is 34.0 cm³/mol. The zero-order chi connectivity index (χ0) is 7.28. The van der Waals surface area contributed by atoms with Crippen molar-refractivity contribution in [3.05, 3.63) is 0 Å². The zero-order valence-corrected chi connectivity index (χ0v) is 6.28. The van der Waals surface area contributed by atoms with Crippen molar-refractivity contribution in [2.24, 2.45) is 0 Å². The van der Waals surface area contributed by atoms with Gasteiger partial charge in [0.2, 0.25) is 5.20 Å². The molecule has 0 fully saturated rings. The van der Waals surface area contributed by atoms with Crippen LogP contribution in [-0.2, 0) is 4.74 Å². The minimum atomic E-state index is -1.07. The first-order chi connectivity index (χ1) is 4.16. The number of hydrogen-bond acceptors (Lipinski definition) is 4. The molecule has 0 aromatic rings. The van der Waals surface area contributed by atoms with Gasteiger partial charge in [-0.1, -0.05) is 0 Å². The van der Waals surface area contributed by atoms with E-state index in [-0.39, 0.29) is 13.2 Å². The summed E-state index contributed by atoms with van der Waals surface area (Å²) in [5.41, 5.74) is 0. The van der Waals surface area contributed by atoms with E-state index in [9.17, 15) is 0 Å². The summed E-state index contributed by atoms with van der Waals surface area (Å²) in [4.78, 5) is 0. The molecule has 9 heavy (non-hydrogen) atoms. The molecule has 0 aromatic heterocycles. The van der Waals surface area contributed by atoms with E-state index in [1.807, 2.05) is 0 Å². The SMILES string of the molecule is OCC(O)COC(O)Br. The van der Waals surface area contributed by atoms with Gasteiger partial charge in [0, 0.05) is 0 Å². The Balaban J connectivity index is 3.06. The van der Waals surface area contributed by atoms with Crippen molar-refractivity contribution in [3.8, 4) is 0 Å². The number of aliphatic hydroxyl groups is 3. The number of halogens is 1. The first kappa shape index (κ1) is 9.32. The van der Waals surface area contributed by atoms with Gasteiger partial charge < -0.3 is 20.1 Å². The van der Waals surface area contributed by atoms with E-state index in [4.69, 9.17) is 15.3 Å². The van der Waals surface area contributed by atoms with Gasteiger partial charge >= 0.3 is 0 Å². The Bertz CT molecular complexity index is 67.6. The predicted octanol–water partition coefficient (Wildman–Crippen LogP) is -0.973. The summed E-state index contributed by atoms with van der Waals surface area (Å²) in [5.74, 6) is 0. The summed E-state index contributed by atoms with van der Waals surface area (Å²) in [7, 11) is 0. The van der Waals surface area contributed by atoms with Gasteiger partial charge in [-0.05, 0) is 15.9 Å². The molecule has 0 saturated heterocycles. The number of rotatable bonds is 4. The Morgan fingerprint density at radius 3 is 2.33 bits per heavy atom. The molecule has 4 nitrogen and oxygen atoms in total. The average molecular weight is 201 g/mol. The molecule has 0 spiro atoms. The van der Waals surface area contributed by atoms with Crippen LogP contribution in [0.3, 0.4) is 0 Å². The van der Waals surface area contributed by atoms with E-state index in [1.165, 1.54) is 0 Å². The van der Waals surface area contributed by atoms with Crippen LogP contribution in [0.4, 0.5) is 0 Å². The lowest BCUT2D eigenvalue weighted by Crippen LogP contribution is -2.21. The molecule has 0 rings (SSSR count). The van der Waals surface area contributed by atoms with Gasteiger partial charge in [0.1, 0.15) is 6.10 Å². The molecule has 0 radical (unpaired) electrons. The van der Waals surface area contributed by atoms with Crippen molar-refractivity contribution in [3.63, 3.8) is 0 Å². The van der Waals surface area contributed by atoms with E-state index in [2.05, 4.69) is 20.7 Å². The van der Waals surface area contributed by atoms with Crippen LogP contribution in [0.25, 0.3) is 0 Å². The molecule has 0 heterocycles. The molecule has 3 N–H and O–H groups in total. The Morgan fingerprint density at radius 1 is 1.44 bits per heavy atom. The molecule has 0 aliphatic rings. The normalized spacial score (nSPS) is 17.3. The second kappa shape index (κ2) is 5.13. The van der Waals surface area contributed by atoms with Gasteiger partial charge in [0.25, 0.3) is 0 Å². The van der Waals surface area contributed by atoms with Crippen molar-refractivity contribution in [1.29, 1.82) is 0 Å². The van der Waals surface area contributed by atoms with Crippen LogP contribution in [0, 0.1) is 0 Å². The smallest absolute Gasteiger partial charge is 0.212 e. The summed E-state index contributed by atoms with van der Waals surface area (Å²) < 4.78 is 4.46. The van der Waals surface area contributed by atoms with Crippen LogP contribution < -0.4 is 0 Å². The van der Waals surface area contributed by atoms with Crippen molar-refractivity contribution < 1.29 is 20.1 Å². The average Bonchev–Trinajstić information content (AvgIpc) is 1.83. The van der Waals surface area contributed by atoms with Gasteiger partial charge in [0.05, 0.1) is 13.2 Å². The van der Waals surface area contributed by atoms with E-state index < -0.39 is 11.3 Å². The fraction of sp³-hybridized carbons (Fsp3) is 1.00. The first-order valence-electron chi connectivity index (χ1n) is 2.39. The van der Waals surface area contributed by atoms with Crippen LogP contribution in [0.5, 0.6) is 0 Å². The summed E-state index contributed by atoms with van der Waals surface area (Å²) in [6.07, 6.45) is -0.919. The Morgan fingerprint density at radius 2 is 2.00 bits per heavy atom. The van der Waals surface area contributed by atoms with E-state index in [1.54, 1.807) is 0 Å². The first-order valence-corrected chi connectivity index (χ1v) is 3.31. The highest BCUT2D eigenvalue weighted by Gasteiger charge is 2.03. The van der Waals surface area contributed by atoms with Crippen molar-refractivity contribution in [1.82, 2.24) is 0 Å². The molecule has 2 unspecified atom stereocenters. The highest BCUT2D eigenvalue weighted by atomic mass is 79.9. The molecular formula is C4H9BrO4. The molecule has 0 aliphatic heterocycles. The minimum Gasteiger partial charge on any atom is -0.394 e. The fourth-order valence-electron chi connectivity index (χ4n) is 0.243. The van der Waals surface area contributed by atoms with Crippen LogP contribution in [0.15, 0.2) is 0 Å². The van der Waals surface area contributed by atoms with Crippen molar-refractivity contribution >= 4 is 15.9 Å². The monoisotopic (exact) mass is 200 g/mol. The molecule has 5 heteroatoms. The lowest BCUT2D eigenvalue weighted by molar-refractivity contribution is -0.0710. The summed E-state index contributed by atoms with van der Waals surface area (Å²) in [5, 5.41) is 24.1. The van der Waals surface area contributed by atoms with E-state index in [0.29, 0.717) is 0 Å². The maximum Gasteiger partial charge on any atom is 0.212 e. The third kappa shape index (κ3) is 6.20. The molecule has 56 valence electrons. The van der Waals surface area contributed by atoms with Crippen LogP contribution in [0.1, 0.15) is 0 Å². The fourth-order valence-corrected chi connectivity index (χ4v) is 0.396. The van der Waals surface area contributed by atoms with Crippen LogP contribution in [0.2, 0.25) is 0 Å². The Kier molecular flexibility index (Phi) is 5.31. The zero-order valence-electron chi connectivity index (χ0n) is 4.70. The van der Waals surface area contributed by atoms with Crippen molar-refractivity contribution in [2.75, 3.05) is 13.2 Å². The third-order valence-electron chi connectivity index (χ3n) is 0.637. The summed E-state index contributed by atoms with van der Waals surface area (Å²) in [6.45, 7) is -0.442. The van der Waals surface area contributed by atoms with Gasteiger partial charge in [0.15, 0.2) is 0 Å². The molecule has 2 atom stereocenters. The lowest BCUT2D eigenvalue weighted by Gasteiger charge is -2.08. The minimum absolute atomic E-state index is 0.0804. The molecule has 0 saturated carbocycles. The highest BCUT2D eigenvalue weighted by Crippen LogP contribution is 1.96. The highest BCUT2D eigenvalue weighted by molar-refractivity contribution is 9.09. The van der Waals surface area contributed by atoms with Crippen LogP contribution >= 0.6 is 15.9 Å². The van der Waals surface area contributed by atoms with Gasteiger partial charge in [-0.2, -0.15) is 0 Å². The maximum absolute atomic E-state index is 8.60. The van der Waals surface area contributed by atoms with Crippen LogP contribution in [-0.4, -0.2) is 39.8 Å². The van der Waals surface area contributed by atoms with Gasteiger partial charge in [-0.3, -0.25) is 0 Å². The number of hydrogen-bond donors (Lipinski definition) is 3. The quantitative estimate of drug-likeness (QED) is 0.404. The Hall–Kier alpha value is 0.320.